The molecule has 0 bridgehead atoms. The maximum Gasteiger partial charge on any atom is 0.226 e. The largest absolute Gasteiger partial charge is 0.503 e. The molecule has 0 saturated heterocycles. The summed E-state index contributed by atoms with van der Waals surface area (Å²) in [5, 5.41) is 14.9. The van der Waals surface area contributed by atoms with Crippen LogP contribution in [0, 0.1) is 5.92 Å². The topological polar surface area (TPSA) is 130 Å². The van der Waals surface area contributed by atoms with E-state index < -0.39 is 5.41 Å². The van der Waals surface area contributed by atoms with Crippen molar-refractivity contribution in [3.63, 3.8) is 0 Å². The van der Waals surface area contributed by atoms with Gasteiger partial charge in [0.05, 0.1) is 6.20 Å². The van der Waals surface area contributed by atoms with Gasteiger partial charge in [0.15, 0.2) is 11.6 Å². The Balaban J connectivity index is 2.07. The van der Waals surface area contributed by atoms with Crippen LogP contribution in [0.4, 0.5) is 11.6 Å². The van der Waals surface area contributed by atoms with Gasteiger partial charge < -0.3 is 15.7 Å². The van der Waals surface area contributed by atoms with Gasteiger partial charge in [-0.1, -0.05) is 27.7 Å². The summed E-state index contributed by atoms with van der Waals surface area (Å²) in [6.45, 7) is 7.56. The first-order valence-corrected chi connectivity index (χ1v) is 8.59. The van der Waals surface area contributed by atoms with Crippen LogP contribution in [0.2, 0.25) is 0 Å². The van der Waals surface area contributed by atoms with Crippen molar-refractivity contribution in [3.05, 3.63) is 30.6 Å². The molecule has 0 saturated carbocycles. The molecule has 2 aromatic heterocycles. The minimum Gasteiger partial charge on any atom is -0.503 e. The molecular weight excluding hydrogens is 348 g/mol. The lowest BCUT2D eigenvalue weighted by Gasteiger charge is -2.22. The molecule has 0 fully saturated rings. The van der Waals surface area contributed by atoms with Crippen LogP contribution in [-0.4, -0.2) is 36.9 Å². The Morgan fingerprint density at radius 1 is 1.19 bits per heavy atom. The number of aromatic hydroxyl groups is 1. The van der Waals surface area contributed by atoms with Crippen molar-refractivity contribution in [2.24, 2.45) is 5.92 Å². The van der Waals surface area contributed by atoms with Crippen LogP contribution < -0.4 is 10.6 Å². The highest BCUT2D eigenvalue weighted by atomic mass is 16.3. The fraction of sp³-hybridized carbons (Fsp3) is 0.444. The number of hydrogen-bond donors (Lipinski definition) is 3. The maximum absolute atomic E-state index is 12.3. The van der Waals surface area contributed by atoms with Crippen LogP contribution in [-0.2, 0) is 15.0 Å². The molecule has 0 atom stereocenters. The van der Waals surface area contributed by atoms with Gasteiger partial charge in [-0.25, -0.2) is 19.9 Å². The normalized spacial score (nSPS) is 11.3. The van der Waals surface area contributed by atoms with Crippen LogP contribution in [0.15, 0.2) is 24.8 Å². The van der Waals surface area contributed by atoms with Crippen molar-refractivity contribution in [1.82, 2.24) is 19.9 Å². The van der Waals surface area contributed by atoms with Crippen molar-refractivity contribution >= 4 is 23.5 Å². The van der Waals surface area contributed by atoms with Crippen molar-refractivity contribution < 1.29 is 14.7 Å². The summed E-state index contributed by atoms with van der Waals surface area (Å²) in [5.41, 5.74) is -0.703. The molecule has 2 amide bonds. The summed E-state index contributed by atoms with van der Waals surface area (Å²) in [4.78, 5) is 40.3. The Hall–Kier alpha value is -3.10. The number of nitrogens with one attached hydrogen (secondary N) is 2. The summed E-state index contributed by atoms with van der Waals surface area (Å²) < 4.78 is 0. The zero-order chi connectivity index (χ0) is 20.0. The molecule has 0 spiro atoms. The Morgan fingerprint density at radius 3 is 2.59 bits per heavy atom. The van der Waals surface area contributed by atoms with Gasteiger partial charge in [0.1, 0.15) is 18.0 Å². The number of carbonyl (C=O) groups is 2. The molecule has 0 aromatic carbocycles. The van der Waals surface area contributed by atoms with E-state index in [0.717, 1.165) is 0 Å². The standard InChI is InChI=1S/C18H24N6O3/c1-11(2)7-14(26)22-13-5-6-20-17(23-13)18(3,4)8-15(27)24-16-12(25)9-19-10-21-16/h5-6,9-11,25H,7-8H2,1-4H3,(H,19,21,24,27)(H,20,22,23,26). The van der Waals surface area contributed by atoms with Crippen LogP contribution in [0.25, 0.3) is 0 Å². The van der Waals surface area contributed by atoms with E-state index >= 15 is 0 Å². The molecule has 2 aromatic rings. The quantitative estimate of drug-likeness (QED) is 0.679. The first-order valence-electron chi connectivity index (χ1n) is 8.59. The third-order valence-electron chi connectivity index (χ3n) is 3.68. The predicted octanol–water partition coefficient (Wildman–Crippen LogP) is 2.26. The van der Waals surface area contributed by atoms with Crippen LogP contribution in [0.3, 0.4) is 0 Å². The highest BCUT2D eigenvalue weighted by Gasteiger charge is 2.28. The van der Waals surface area contributed by atoms with Crippen LogP contribution in [0.5, 0.6) is 5.75 Å². The Labute approximate surface area is 157 Å². The van der Waals surface area contributed by atoms with E-state index in [-0.39, 0.29) is 35.7 Å². The third kappa shape index (κ3) is 5.98. The second-order valence-electron chi connectivity index (χ2n) is 7.28. The van der Waals surface area contributed by atoms with E-state index in [1.54, 1.807) is 12.3 Å². The minimum absolute atomic E-state index is 0.0430. The van der Waals surface area contributed by atoms with Gasteiger partial charge in [-0.05, 0) is 12.0 Å². The summed E-state index contributed by atoms with van der Waals surface area (Å²) in [6.07, 6.45) is 4.42. The van der Waals surface area contributed by atoms with Crippen molar-refractivity contribution in [2.45, 2.75) is 46.0 Å². The molecule has 2 heterocycles. The molecule has 27 heavy (non-hydrogen) atoms. The number of rotatable bonds is 7. The van der Waals surface area contributed by atoms with E-state index in [9.17, 15) is 14.7 Å². The average molecular weight is 372 g/mol. The summed E-state index contributed by atoms with van der Waals surface area (Å²) in [6, 6.07) is 1.61. The number of carbonyl (C=O) groups excluding carboxylic acids is 2. The van der Waals surface area contributed by atoms with E-state index in [0.29, 0.717) is 18.1 Å². The second kappa shape index (κ2) is 8.52. The number of aromatic nitrogens is 4. The molecule has 0 unspecified atom stereocenters. The van der Waals surface area contributed by atoms with Gasteiger partial charge in [-0.15, -0.1) is 0 Å². The predicted molar refractivity (Wildman–Crippen MR) is 100 cm³/mol. The van der Waals surface area contributed by atoms with Gasteiger partial charge in [0.2, 0.25) is 11.8 Å². The van der Waals surface area contributed by atoms with E-state index in [1.807, 2.05) is 27.7 Å². The third-order valence-corrected chi connectivity index (χ3v) is 3.68. The summed E-state index contributed by atoms with van der Waals surface area (Å²) >= 11 is 0. The number of anilines is 2. The molecule has 3 N–H and O–H groups in total. The molecule has 0 radical (unpaired) electrons. The number of nitrogens with zero attached hydrogens (tertiary/aromatic N) is 4. The Morgan fingerprint density at radius 2 is 1.93 bits per heavy atom. The lowest BCUT2D eigenvalue weighted by Crippen LogP contribution is -2.28. The highest BCUT2D eigenvalue weighted by molar-refractivity contribution is 5.92. The average Bonchev–Trinajstić information content (AvgIpc) is 2.56. The molecule has 2 rings (SSSR count). The fourth-order valence-corrected chi connectivity index (χ4v) is 2.39. The van der Waals surface area contributed by atoms with Crippen molar-refractivity contribution in [3.8, 4) is 5.75 Å². The van der Waals surface area contributed by atoms with E-state index in [2.05, 4.69) is 30.6 Å². The Kier molecular flexibility index (Phi) is 6.38. The molecule has 9 nitrogen and oxygen atoms in total. The molecule has 0 aliphatic heterocycles. The summed E-state index contributed by atoms with van der Waals surface area (Å²) in [5.74, 6) is 0.414. The van der Waals surface area contributed by atoms with Crippen molar-refractivity contribution in [2.75, 3.05) is 10.6 Å². The van der Waals surface area contributed by atoms with Crippen LogP contribution in [0.1, 0.15) is 46.4 Å². The minimum atomic E-state index is -0.703. The number of hydrogen-bond acceptors (Lipinski definition) is 7. The van der Waals surface area contributed by atoms with Gasteiger partial charge >= 0.3 is 0 Å². The van der Waals surface area contributed by atoms with Gasteiger partial charge in [-0.2, -0.15) is 0 Å². The first kappa shape index (κ1) is 20.2. The summed E-state index contributed by atoms with van der Waals surface area (Å²) in [7, 11) is 0. The van der Waals surface area contributed by atoms with Gasteiger partial charge in [0, 0.05) is 24.5 Å². The SMILES string of the molecule is CC(C)CC(=O)Nc1ccnc(C(C)(C)CC(=O)Nc2ncncc2O)n1. The van der Waals surface area contributed by atoms with E-state index in [1.165, 1.54) is 12.5 Å². The first-order chi connectivity index (χ1) is 12.7. The fourth-order valence-electron chi connectivity index (χ4n) is 2.39. The van der Waals surface area contributed by atoms with Crippen molar-refractivity contribution in [1.29, 1.82) is 0 Å². The zero-order valence-electron chi connectivity index (χ0n) is 15.9. The smallest absolute Gasteiger partial charge is 0.226 e. The molecule has 144 valence electrons. The van der Waals surface area contributed by atoms with Crippen LogP contribution >= 0.6 is 0 Å². The van der Waals surface area contributed by atoms with Gasteiger partial charge in [-0.3, -0.25) is 9.59 Å². The maximum atomic E-state index is 12.3. The zero-order valence-corrected chi connectivity index (χ0v) is 15.9. The van der Waals surface area contributed by atoms with E-state index in [4.69, 9.17) is 0 Å². The molecular formula is C18H24N6O3. The molecule has 0 aliphatic rings. The Bertz CT molecular complexity index is 822. The second-order valence-corrected chi connectivity index (χ2v) is 7.28. The lowest BCUT2D eigenvalue weighted by atomic mass is 9.88. The lowest BCUT2D eigenvalue weighted by molar-refractivity contribution is -0.118. The molecule has 0 aliphatic carbocycles. The highest BCUT2D eigenvalue weighted by Crippen LogP contribution is 2.26. The monoisotopic (exact) mass is 372 g/mol. The molecule has 9 heteroatoms. The van der Waals surface area contributed by atoms with Gasteiger partial charge in [0.25, 0.3) is 0 Å². The number of amides is 2.